The minimum Gasteiger partial charge on any atom is -0.463 e. The van der Waals surface area contributed by atoms with Crippen LogP contribution in [0, 0.1) is 13.8 Å². The first-order chi connectivity index (χ1) is 13.4. The molecule has 0 saturated heterocycles. The van der Waals surface area contributed by atoms with Crippen LogP contribution < -0.4 is 5.32 Å². The molecule has 0 atom stereocenters. The molecule has 1 N–H and O–H groups in total. The van der Waals surface area contributed by atoms with Gasteiger partial charge in [-0.05, 0) is 57.5 Å². The van der Waals surface area contributed by atoms with Gasteiger partial charge in [0.25, 0.3) is 5.91 Å². The van der Waals surface area contributed by atoms with Gasteiger partial charge in [-0.1, -0.05) is 17.7 Å². The summed E-state index contributed by atoms with van der Waals surface area (Å²) in [5, 5.41) is 8.18. The third-order valence-corrected chi connectivity index (χ3v) is 4.70. The van der Waals surface area contributed by atoms with Crippen LogP contribution in [0.4, 0.5) is 5.69 Å². The van der Waals surface area contributed by atoms with Crippen molar-refractivity contribution in [3.8, 4) is 11.5 Å². The molecule has 1 aromatic carbocycles. The van der Waals surface area contributed by atoms with Crippen LogP contribution in [0.15, 0.2) is 53.3 Å². The topological polar surface area (TPSA) is 73.0 Å². The lowest BCUT2D eigenvalue weighted by molar-refractivity contribution is 0.102. The second-order valence-electron chi connectivity index (χ2n) is 7.23. The van der Waals surface area contributed by atoms with Gasteiger partial charge in [-0.15, -0.1) is 0 Å². The molecule has 0 bridgehead atoms. The molecule has 0 unspecified atom stereocenters. The van der Waals surface area contributed by atoms with Crippen LogP contribution in [-0.2, 0) is 0 Å². The van der Waals surface area contributed by atoms with Gasteiger partial charge in [0.05, 0.1) is 23.4 Å². The first-order valence-electron chi connectivity index (χ1n) is 9.25. The fourth-order valence-corrected chi connectivity index (χ4v) is 3.28. The van der Waals surface area contributed by atoms with E-state index in [9.17, 15) is 4.79 Å². The van der Waals surface area contributed by atoms with E-state index >= 15 is 0 Å². The predicted octanol–water partition coefficient (Wildman–Crippen LogP) is 5.14. The van der Waals surface area contributed by atoms with Gasteiger partial charge in [0.15, 0.2) is 11.4 Å². The van der Waals surface area contributed by atoms with Gasteiger partial charge in [-0.25, -0.2) is 9.67 Å². The van der Waals surface area contributed by atoms with E-state index in [2.05, 4.69) is 10.4 Å². The van der Waals surface area contributed by atoms with E-state index in [0.29, 0.717) is 28.1 Å². The Hall–Kier alpha value is -3.41. The maximum Gasteiger partial charge on any atom is 0.256 e. The van der Waals surface area contributed by atoms with Crippen LogP contribution in [0.2, 0.25) is 0 Å². The zero-order chi connectivity index (χ0) is 19.8. The molecular weight excluding hydrogens is 352 g/mol. The van der Waals surface area contributed by atoms with Crippen molar-refractivity contribution in [3.63, 3.8) is 0 Å². The molecule has 0 fully saturated rings. The molecule has 0 saturated carbocycles. The summed E-state index contributed by atoms with van der Waals surface area (Å²) in [6, 6.07) is 11.5. The number of carbonyl (C=O) groups excluding carboxylic acids is 1. The Morgan fingerprint density at radius 1 is 1.18 bits per heavy atom. The van der Waals surface area contributed by atoms with E-state index in [0.717, 1.165) is 16.8 Å². The van der Waals surface area contributed by atoms with Crippen molar-refractivity contribution in [1.82, 2.24) is 14.8 Å². The van der Waals surface area contributed by atoms with E-state index < -0.39 is 0 Å². The van der Waals surface area contributed by atoms with Crippen molar-refractivity contribution in [1.29, 1.82) is 0 Å². The van der Waals surface area contributed by atoms with Gasteiger partial charge in [0, 0.05) is 11.7 Å². The summed E-state index contributed by atoms with van der Waals surface area (Å²) < 4.78 is 7.32. The summed E-state index contributed by atoms with van der Waals surface area (Å²) in [6.45, 7) is 8.07. The lowest BCUT2D eigenvalue weighted by Crippen LogP contribution is -2.14. The largest absolute Gasteiger partial charge is 0.463 e. The number of hydrogen-bond donors (Lipinski definition) is 1. The number of rotatable bonds is 4. The molecule has 0 aliphatic heterocycles. The van der Waals surface area contributed by atoms with Gasteiger partial charge in [0.1, 0.15) is 5.69 Å². The molecule has 0 radical (unpaired) electrons. The Kier molecular flexibility index (Phi) is 4.47. The van der Waals surface area contributed by atoms with Crippen molar-refractivity contribution in [2.24, 2.45) is 0 Å². The second kappa shape index (κ2) is 6.96. The fraction of sp³-hybridized carbons (Fsp3) is 0.227. The zero-order valence-corrected chi connectivity index (χ0v) is 16.4. The normalized spacial score (nSPS) is 11.3. The summed E-state index contributed by atoms with van der Waals surface area (Å²) in [6.07, 6.45) is 3.29. The minimum atomic E-state index is -0.199. The monoisotopic (exact) mass is 374 g/mol. The predicted molar refractivity (Wildman–Crippen MR) is 109 cm³/mol. The van der Waals surface area contributed by atoms with Crippen molar-refractivity contribution in [2.75, 3.05) is 5.32 Å². The van der Waals surface area contributed by atoms with E-state index in [4.69, 9.17) is 9.40 Å². The highest BCUT2D eigenvalue weighted by Crippen LogP contribution is 2.27. The molecule has 4 aromatic rings. The highest BCUT2D eigenvalue weighted by Gasteiger charge is 2.20. The third kappa shape index (κ3) is 3.17. The molecule has 4 rings (SSSR count). The van der Waals surface area contributed by atoms with Crippen molar-refractivity contribution in [2.45, 2.75) is 33.7 Å². The average Bonchev–Trinajstić information content (AvgIpc) is 3.32. The number of anilines is 1. The van der Waals surface area contributed by atoms with Gasteiger partial charge >= 0.3 is 0 Å². The van der Waals surface area contributed by atoms with Gasteiger partial charge in [-0.2, -0.15) is 5.10 Å². The van der Waals surface area contributed by atoms with Gasteiger partial charge in [-0.3, -0.25) is 4.79 Å². The molecule has 0 spiro atoms. The molecule has 3 heterocycles. The maximum atomic E-state index is 13.2. The number of aromatic nitrogens is 3. The number of carbonyl (C=O) groups is 1. The highest BCUT2D eigenvalue weighted by molar-refractivity contribution is 6.12. The second-order valence-corrected chi connectivity index (χ2v) is 7.23. The number of pyridine rings is 1. The summed E-state index contributed by atoms with van der Waals surface area (Å²) in [7, 11) is 0. The van der Waals surface area contributed by atoms with Crippen LogP contribution in [0.5, 0.6) is 0 Å². The van der Waals surface area contributed by atoms with Crippen molar-refractivity contribution < 1.29 is 9.21 Å². The molecule has 6 heteroatoms. The molecule has 1 amide bonds. The zero-order valence-electron chi connectivity index (χ0n) is 16.4. The number of hydrogen-bond acceptors (Lipinski definition) is 4. The van der Waals surface area contributed by atoms with Crippen LogP contribution in [0.25, 0.3) is 22.5 Å². The number of fused-ring (bicyclic) bond motifs is 1. The molecule has 6 nitrogen and oxygen atoms in total. The van der Waals surface area contributed by atoms with Crippen LogP contribution >= 0.6 is 0 Å². The number of nitrogens with one attached hydrogen (secondary N) is 1. The van der Waals surface area contributed by atoms with Crippen LogP contribution in [-0.4, -0.2) is 20.7 Å². The SMILES string of the molecule is Cc1ccc(NC(=O)c2cc(-c3ccco3)nc3c2cnn3C(C)C)c(C)c1. The Bertz CT molecular complexity index is 1160. The Balaban J connectivity index is 1.83. The van der Waals surface area contributed by atoms with E-state index in [1.54, 1.807) is 24.6 Å². The molecular formula is C22H22N4O2. The van der Waals surface area contributed by atoms with Gasteiger partial charge < -0.3 is 9.73 Å². The molecule has 0 aliphatic rings. The quantitative estimate of drug-likeness (QED) is 0.537. The summed E-state index contributed by atoms with van der Waals surface area (Å²) in [5.41, 5.74) is 4.74. The number of nitrogens with zero attached hydrogens (tertiary/aromatic N) is 3. The van der Waals surface area contributed by atoms with Crippen molar-refractivity contribution in [3.05, 3.63) is 65.5 Å². The summed E-state index contributed by atoms with van der Waals surface area (Å²) in [4.78, 5) is 17.9. The lowest BCUT2D eigenvalue weighted by Gasteiger charge is -2.12. The van der Waals surface area contributed by atoms with Crippen molar-refractivity contribution >= 4 is 22.6 Å². The van der Waals surface area contributed by atoms with E-state index in [-0.39, 0.29) is 11.9 Å². The van der Waals surface area contributed by atoms with E-state index in [1.807, 2.05) is 56.6 Å². The lowest BCUT2D eigenvalue weighted by atomic mass is 10.1. The molecule has 28 heavy (non-hydrogen) atoms. The summed E-state index contributed by atoms with van der Waals surface area (Å²) >= 11 is 0. The summed E-state index contributed by atoms with van der Waals surface area (Å²) in [5.74, 6) is 0.412. The van der Waals surface area contributed by atoms with Crippen LogP contribution in [0.1, 0.15) is 41.4 Å². The standard InChI is InChI=1S/C22H22N4O2/c1-13(2)26-21-17(12-23-26)16(11-19(24-21)20-6-5-9-28-20)22(27)25-18-8-7-14(3)10-15(18)4/h5-13H,1-4H3,(H,25,27). The fourth-order valence-electron chi connectivity index (χ4n) is 3.28. The van der Waals surface area contributed by atoms with Gasteiger partial charge in [0.2, 0.25) is 0 Å². The molecule has 0 aliphatic carbocycles. The number of amides is 1. The Labute approximate surface area is 163 Å². The number of aryl methyl sites for hydroxylation is 2. The highest BCUT2D eigenvalue weighted by atomic mass is 16.3. The first kappa shape index (κ1) is 18.0. The average molecular weight is 374 g/mol. The first-order valence-corrected chi connectivity index (χ1v) is 9.25. The minimum absolute atomic E-state index is 0.118. The number of furan rings is 1. The van der Waals surface area contributed by atoms with Crippen LogP contribution in [0.3, 0.4) is 0 Å². The van der Waals surface area contributed by atoms with E-state index in [1.165, 1.54) is 0 Å². The Morgan fingerprint density at radius 3 is 2.68 bits per heavy atom. The number of benzene rings is 1. The molecule has 142 valence electrons. The smallest absolute Gasteiger partial charge is 0.256 e. The third-order valence-electron chi connectivity index (χ3n) is 4.70. The Morgan fingerprint density at radius 2 is 2.00 bits per heavy atom. The molecule has 3 aromatic heterocycles. The maximum absolute atomic E-state index is 13.2.